The van der Waals surface area contributed by atoms with E-state index in [0.717, 1.165) is 5.56 Å². The number of halogens is 2. The van der Waals surface area contributed by atoms with E-state index in [4.69, 9.17) is 23.2 Å². The van der Waals surface area contributed by atoms with Gasteiger partial charge in [-0.3, -0.25) is 4.79 Å². The molecular formula is C21H20Cl2N4O3S. The maximum absolute atomic E-state index is 12.9. The minimum Gasteiger partial charge on any atom is -0.345 e. The van der Waals surface area contributed by atoms with Crippen LogP contribution in [-0.4, -0.2) is 41.3 Å². The van der Waals surface area contributed by atoms with E-state index in [1.54, 1.807) is 29.8 Å². The van der Waals surface area contributed by atoms with Crippen molar-refractivity contribution in [2.24, 2.45) is 13.0 Å². The number of imidazole rings is 1. The summed E-state index contributed by atoms with van der Waals surface area (Å²) in [6, 6.07) is 13.7. The average molecular weight is 479 g/mol. The zero-order valence-corrected chi connectivity index (χ0v) is 18.9. The van der Waals surface area contributed by atoms with Gasteiger partial charge < -0.3 is 9.88 Å². The van der Waals surface area contributed by atoms with E-state index >= 15 is 0 Å². The molecule has 1 atom stereocenters. The third-order valence-electron chi connectivity index (χ3n) is 5.20. The molecule has 2 aromatic carbocycles. The second-order valence-corrected chi connectivity index (χ2v) is 10.2. The Morgan fingerprint density at radius 1 is 1.13 bits per heavy atom. The Bertz CT molecular complexity index is 1190. The Hall–Kier alpha value is -2.39. The summed E-state index contributed by atoms with van der Waals surface area (Å²) >= 11 is 12.1. The van der Waals surface area contributed by atoms with E-state index in [1.807, 2.05) is 30.3 Å². The Morgan fingerprint density at radius 3 is 2.35 bits per heavy atom. The highest BCUT2D eigenvalue weighted by atomic mass is 35.5. The molecule has 1 N–H and O–H groups in total. The van der Waals surface area contributed by atoms with Crippen LogP contribution in [-0.2, 0) is 17.1 Å². The van der Waals surface area contributed by atoms with Gasteiger partial charge >= 0.3 is 0 Å². The lowest BCUT2D eigenvalue weighted by Gasteiger charge is -2.42. The molecule has 162 valence electrons. The molecule has 0 radical (unpaired) electrons. The largest absolute Gasteiger partial charge is 0.345 e. The minimum absolute atomic E-state index is 0.0160. The molecule has 7 nitrogen and oxygen atoms in total. The highest BCUT2D eigenvalue weighted by Gasteiger charge is 2.42. The van der Waals surface area contributed by atoms with Crippen LogP contribution in [0.2, 0.25) is 10.0 Å². The molecule has 0 aliphatic carbocycles. The molecule has 1 aromatic heterocycles. The zero-order valence-electron chi connectivity index (χ0n) is 16.6. The van der Waals surface area contributed by atoms with Gasteiger partial charge in [0.1, 0.15) is 0 Å². The molecule has 0 saturated carbocycles. The summed E-state index contributed by atoms with van der Waals surface area (Å²) in [6.45, 7) is 0.546. The highest BCUT2D eigenvalue weighted by Crippen LogP contribution is 2.34. The first-order chi connectivity index (χ1) is 14.7. The topological polar surface area (TPSA) is 84.3 Å². The molecule has 1 aliphatic rings. The summed E-state index contributed by atoms with van der Waals surface area (Å²) in [7, 11) is -1.95. The average Bonchev–Trinajstić information content (AvgIpc) is 3.13. The number of aromatic nitrogens is 2. The quantitative estimate of drug-likeness (QED) is 0.587. The summed E-state index contributed by atoms with van der Waals surface area (Å²) in [4.78, 5) is 16.9. The van der Waals surface area contributed by atoms with Crippen LogP contribution in [0.1, 0.15) is 22.0 Å². The number of sulfonamides is 1. The van der Waals surface area contributed by atoms with E-state index < -0.39 is 10.0 Å². The summed E-state index contributed by atoms with van der Waals surface area (Å²) < 4.78 is 28.5. The number of benzene rings is 2. The number of amides is 1. The van der Waals surface area contributed by atoms with Crippen LogP contribution in [0.5, 0.6) is 0 Å². The predicted molar refractivity (Wildman–Crippen MR) is 119 cm³/mol. The Labute approximate surface area is 190 Å². The van der Waals surface area contributed by atoms with Crippen LogP contribution >= 0.6 is 23.2 Å². The van der Waals surface area contributed by atoms with Gasteiger partial charge in [0.25, 0.3) is 15.9 Å². The molecule has 1 amide bonds. The van der Waals surface area contributed by atoms with Crippen LogP contribution in [0.3, 0.4) is 0 Å². The molecule has 2 heterocycles. The normalized spacial score (nSPS) is 16.0. The van der Waals surface area contributed by atoms with Gasteiger partial charge in [-0.2, -0.15) is 4.31 Å². The molecule has 10 heteroatoms. The van der Waals surface area contributed by atoms with Crippen LogP contribution in [0.25, 0.3) is 0 Å². The van der Waals surface area contributed by atoms with Crippen molar-refractivity contribution in [3.63, 3.8) is 0 Å². The van der Waals surface area contributed by atoms with Crippen molar-refractivity contribution in [3.05, 3.63) is 82.2 Å². The lowest BCUT2D eigenvalue weighted by Crippen LogP contribution is -2.54. The van der Waals surface area contributed by atoms with Gasteiger partial charge in [0.05, 0.1) is 12.4 Å². The van der Waals surface area contributed by atoms with Gasteiger partial charge in [0, 0.05) is 47.9 Å². The number of hydrogen-bond acceptors (Lipinski definition) is 4. The van der Waals surface area contributed by atoms with Crippen molar-refractivity contribution >= 4 is 39.1 Å². The molecule has 31 heavy (non-hydrogen) atoms. The highest BCUT2D eigenvalue weighted by molar-refractivity contribution is 7.89. The fourth-order valence-corrected chi connectivity index (χ4v) is 5.62. The zero-order chi connectivity index (χ0) is 22.2. The smallest absolute Gasteiger partial charge is 0.262 e. The van der Waals surface area contributed by atoms with Crippen molar-refractivity contribution in [2.75, 3.05) is 13.1 Å². The number of aryl methyl sites for hydroxylation is 1. The number of rotatable bonds is 6. The lowest BCUT2D eigenvalue weighted by molar-refractivity contribution is 0.0871. The van der Waals surface area contributed by atoms with Crippen molar-refractivity contribution in [3.8, 4) is 0 Å². The fourth-order valence-electron chi connectivity index (χ4n) is 3.57. The van der Waals surface area contributed by atoms with E-state index in [0.29, 0.717) is 15.6 Å². The van der Waals surface area contributed by atoms with Gasteiger partial charge in [0.2, 0.25) is 0 Å². The SMILES string of the molecule is Cn1cnc(S(=O)(=O)N2CC(C(NC(=O)c3cc(Cl)cc(Cl)c3)c3ccccc3)C2)c1. The standard InChI is InChI=1S/C21H20Cl2N4O3S/c1-26-12-19(24-13-26)31(29,30)27-10-16(11-27)20(14-5-3-2-4-6-14)25-21(28)15-7-17(22)9-18(23)8-15/h2-9,12-13,16,20H,10-11H2,1H3,(H,25,28). The third kappa shape index (κ3) is 4.62. The van der Waals surface area contributed by atoms with E-state index in [2.05, 4.69) is 10.3 Å². The second kappa shape index (κ2) is 8.63. The van der Waals surface area contributed by atoms with Gasteiger partial charge in [-0.1, -0.05) is 53.5 Å². The molecule has 4 rings (SSSR count). The molecule has 1 unspecified atom stereocenters. The predicted octanol–water partition coefficient (Wildman–Crippen LogP) is 3.52. The Kier molecular flexibility index (Phi) is 6.07. The summed E-state index contributed by atoms with van der Waals surface area (Å²) in [5, 5.41) is 3.77. The number of nitrogens with one attached hydrogen (secondary N) is 1. The third-order valence-corrected chi connectivity index (χ3v) is 7.36. The molecule has 1 fully saturated rings. The van der Waals surface area contributed by atoms with Gasteiger partial charge in [0.15, 0.2) is 5.03 Å². The number of carbonyl (C=O) groups excluding carboxylic acids is 1. The first kappa shape index (κ1) is 21.8. The van der Waals surface area contributed by atoms with E-state index in [-0.39, 0.29) is 36.0 Å². The summed E-state index contributed by atoms with van der Waals surface area (Å²) in [5.74, 6) is -0.427. The Morgan fingerprint density at radius 2 is 1.77 bits per heavy atom. The maximum atomic E-state index is 12.9. The first-order valence-corrected chi connectivity index (χ1v) is 11.7. The second-order valence-electron chi connectivity index (χ2n) is 7.48. The Balaban J connectivity index is 1.54. The van der Waals surface area contributed by atoms with Crippen LogP contribution in [0.4, 0.5) is 0 Å². The minimum atomic E-state index is -3.67. The van der Waals surface area contributed by atoms with Crippen molar-refractivity contribution in [1.29, 1.82) is 0 Å². The number of hydrogen-bond donors (Lipinski definition) is 1. The van der Waals surface area contributed by atoms with Crippen molar-refractivity contribution in [1.82, 2.24) is 19.2 Å². The molecule has 1 aliphatic heterocycles. The van der Waals surface area contributed by atoms with Crippen LogP contribution in [0, 0.1) is 5.92 Å². The molecule has 3 aromatic rings. The maximum Gasteiger partial charge on any atom is 0.262 e. The fraction of sp³-hybridized carbons (Fsp3) is 0.238. The monoisotopic (exact) mass is 478 g/mol. The summed E-state index contributed by atoms with van der Waals surface area (Å²) in [6.07, 6.45) is 2.93. The van der Waals surface area contributed by atoms with Gasteiger partial charge in [-0.05, 0) is 23.8 Å². The number of carbonyl (C=O) groups is 1. The van der Waals surface area contributed by atoms with Crippen molar-refractivity contribution in [2.45, 2.75) is 11.1 Å². The lowest BCUT2D eigenvalue weighted by atomic mass is 9.88. The van der Waals surface area contributed by atoms with E-state index in [9.17, 15) is 13.2 Å². The molecule has 0 bridgehead atoms. The van der Waals surface area contributed by atoms with Crippen LogP contribution in [0.15, 0.2) is 66.1 Å². The number of nitrogens with zero attached hydrogens (tertiary/aromatic N) is 3. The molecular weight excluding hydrogens is 459 g/mol. The first-order valence-electron chi connectivity index (χ1n) is 9.54. The van der Waals surface area contributed by atoms with Crippen LogP contribution < -0.4 is 5.32 Å². The summed E-state index contributed by atoms with van der Waals surface area (Å²) in [5.41, 5.74) is 1.24. The molecule has 0 spiro atoms. The molecule has 1 saturated heterocycles. The van der Waals surface area contributed by atoms with E-state index in [1.165, 1.54) is 16.8 Å². The van der Waals surface area contributed by atoms with Gasteiger partial charge in [-0.15, -0.1) is 0 Å². The van der Waals surface area contributed by atoms with Crippen molar-refractivity contribution < 1.29 is 13.2 Å². The van der Waals surface area contributed by atoms with Gasteiger partial charge in [-0.25, -0.2) is 13.4 Å².